The highest BCUT2D eigenvalue weighted by Gasteiger charge is 2.55. The molecule has 1 heterocycles. The Morgan fingerprint density at radius 3 is 2.55 bits per heavy atom. The molecule has 1 unspecified atom stereocenters. The largest absolute Gasteiger partial charge is 0.340 e. The molecule has 1 aliphatic rings. The Morgan fingerprint density at radius 2 is 2.14 bits per heavy atom. The summed E-state index contributed by atoms with van der Waals surface area (Å²) in [5.74, 6) is -0.440. The molecule has 1 aromatic heterocycles. The number of aromatic nitrogens is 2. The molecule has 2 rings (SSSR count). The molecule has 0 spiro atoms. The molecule has 122 valence electrons. The van der Waals surface area contributed by atoms with E-state index in [1.165, 1.54) is 4.90 Å². The number of imidazole rings is 1. The normalized spacial score (nSPS) is 17.2. The number of likely N-dealkylation sites (N-methyl/N-ethyl adjacent to an activating group) is 1. The van der Waals surface area contributed by atoms with Gasteiger partial charge in [0.25, 0.3) is 5.91 Å². The number of nitrogens with zero attached hydrogens (tertiary/aromatic N) is 3. The molecule has 2 amide bonds. The SMILES string of the molecule is CC(C)CC(C(=O)NO)N(C)C(=O)C1(c2cn(C)cn2)CC1. The maximum atomic E-state index is 12.9. The van der Waals surface area contributed by atoms with Gasteiger partial charge in [0.05, 0.1) is 17.4 Å². The van der Waals surface area contributed by atoms with E-state index >= 15 is 0 Å². The number of carbonyl (C=O) groups is 2. The van der Waals surface area contributed by atoms with Crippen molar-refractivity contribution in [3.05, 3.63) is 18.2 Å². The summed E-state index contributed by atoms with van der Waals surface area (Å²) in [5, 5.41) is 8.93. The van der Waals surface area contributed by atoms with E-state index in [4.69, 9.17) is 5.21 Å². The maximum absolute atomic E-state index is 12.9. The average Bonchev–Trinajstić information content (AvgIpc) is 3.18. The summed E-state index contributed by atoms with van der Waals surface area (Å²) in [6.45, 7) is 3.95. The standard InChI is InChI=1S/C15H24N4O3/c1-10(2)7-11(13(20)17-22)19(4)14(21)15(5-6-15)12-8-18(3)9-16-12/h8-11,22H,5-7H2,1-4H3,(H,17,20). The van der Waals surface area contributed by atoms with Gasteiger partial charge in [-0.05, 0) is 25.2 Å². The summed E-state index contributed by atoms with van der Waals surface area (Å²) in [5.41, 5.74) is 1.81. The van der Waals surface area contributed by atoms with Gasteiger partial charge in [0.2, 0.25) is 5.91 Å². The first-order chi connectivity index (χ1) is 10.3. The van der Waals surface area contributed by atoms with Crippen LogP contribution in [0.15, 0.2) is 12.5 Å². The molecule has 1 fully saturated rings. The number of hydrogen-bond acceptors (Lipinski definition) is 4. The van der Waals surface area contributed by atoms with E-state index in [9.17, 15) is 9.59 Å². The highest BCUT2D eigenvalue weighted by Crippen LogP contribution is 2.49. The third kappa shape index (κ3) is 2.99. The first-order valence-corrected chi connectivity index (χ1v) is 7.51. The molecular formula is C15H24N4O3. The lowest BCUT2D eigenvalue weighted by Crippen LogP contribution is -2.50. The molecule has 2 N–H and O–H groups in total. The molecule has 0 aromatic carbocycles. The summed E-state index contributed by atoms with van der Waals surface area (Å²) >= 11 is 0. The lowest BCUT2D eigenvalue weighted by Gasteiger charge is -2.30. The number of hydrogen-bond donors (Lipinski definition) is 2. The zero-order valence-electron chi connectivity index (χ0n) is 13.5. The van der Waals surface area contributed by atoms with Crippen LogP contribution < -0.4 is 5.48 Å². The van der Waals surface area contributed by atoms with E-state index < -0.39 is 17.4 Å². The summed E-state index contributed by atoms with van der Waals surface area (Å²) in [4.78, 5) is 30.6. The van der Waals surface area contributed by atoms with Crippen LogP contribution in [0, 0.1) is 5.92 Å². The molecule has 1 aliphatic carbocycles. The van der Waals surface area contributed by atoms with Gasteiger partial charge >= 0.3 is 0 Å². The number of carbonyl (C=O) groups excluding carboxylic acids is 2. The molecule has 0 aliphatic heterocycles. The third-order valence-corrected chi connectivity index (χ3v) is 4.25. The first-order valence-electron chi connectivity index (χ1n) is 7.51. The lowest BCUT2D eigenvalue weighted by molar-refractivity contribution is -0.145. The predicted octanol–water partition coefficient (Wildman–Crippen LogP) is 0.830. The van der Waals surface area contributed by atoms with Gasteiger partial charge in [-0.25, -0.2) is 10.5 Å². The Labute approximate surface area is 130 Å². The fourth-order valence-electron chi connectivity index (χ4n) is 2.81. The van der Waals surface area contributed by atoms with Crippen LogP contribution >= 0.6 is 0 Å². The predicted molar refractivity (Wildman–Crippen MR) is 80.1 cm³/mol. The number of nitrogens with one attached hydrogen (secondary N) is 1. The average molecular weight is 308 g/mol. The van der Waals surface area contributed by atoms with Crippen molar-refractivity contribution in [2.75, 3.05) is 7.05 Å². The molecule has 7 heteroatoms. The summed E-state index contributed by atoms with van der Waals surface area (Å²) in [6.07, 6.45) is 5.49. The second-order valence-electron chi connectivity index (χ2n) is 6.54. The molecule has 0 saturated heterocycles. The number of aryl methyl sites for hydroxylation is 1. The highest BCUT2D eigenvalue weighted by atomic mass is 16.5. The Morgan fingerprint density at radius 1 is 1.50 bits per heavy atom. The van der Waals surface area contributed by atoms with E-state index in [1.807, 2.05) is 31.7 Å². The van der Waals surface area contributed by atoms with Crippen LogP contribution in [-0.4, -0.2) is 44.6 Å². The van der Waals surface area contributed by atoms with Gasteiger partial charge in [-0.3, -0.25) is 14.8 Å². The quantitative estimate of drug-likeness (QED) is 0.602. The molecular weight excluding hydrogens is 284 g/mol. The van der Waals surface area contributed by atoms with Crippen LogP contribution in [0.25, 0.3) is 0 Å². The van der Waals surface area contributed by atoms with Gasteiger partial charge in [0.1, 0.15) is 6.04 Å². The minimum atomic E-state index is -0.682. The summed E-state index contributed by atoms with van der Waals surface area (Å²) < 4.78 is 1.81. The van der Waals surface area contributed by atoms with Gasteiger partial charge in [0.15, 0.2) is 0 Å². The van der Waals surface area contributed by atoms with E-state index in [0.717, 1.165) is 18.5 Å². The van der Waals surface area contributed by atoms with Crippen LogP contribution in [0.2, 0.25) is 0 Å². The van der Waals surface area contributed by atoms with Crippen molar-refractivity contribution in [1.82, 2.24) is 19.9 Å². The minimum Gasteiger partial charge on any atom is -0.340 e. The van der Waals surface area contributed by atoms with Gasteiger partial charge in [-0.15, -0.1) is 0 Å². The van der Waals surface area contributed by atoms with Crippen LogP contribution in [0.1, 0.15) is 38.8 Å². The van der Waals surface area contributed by atoms with E-state index in [2.05, 4.69) is 4.98 Å². The molecule has 0 radical (unpaired) electrons. The van der Waals surface area contributed by atoms with Crippen LogP contribution in [0.5, 0.6) is 0 Å². The highest BCUT2D eigenvalue weighted by molar-refractivity contribution is 5.94. The molecule has 1 aromatic rings. The second kappa shape index (κ2) is 6.08. The van der Waals surface area contributed by atoms with Crippen molar-refractivity contribution in [1.29, 1.82) is 0 Å². The molecule has 1 atom stereocenters. The minimum absolute atomic E-state index is 0.111. The van der Waals surface area contributed by atoms with Crippen molar-refractivity contribution in [3.8, 4) is 0 Å². The van der Waals surface area contributed by atoms with Crippen molar-refractivity contribution in [2.24, 2.45) is 13.0 Å². The van der Waals surface area contributed by atoms with E-state index in [-0.39, 0.29) is 11.8 Å². The van der Waals surface area contributed by atoms with Crippen molar-refractivity contribution < 1.29 is 14.8 Å². The van der Waals surface area contributed by atoms with Crippen LogP contribution in [-0.2, 0) is 22.1 Å². The zero-order chi connectivity index (χ0) is 16.5. The van der Waals surface area contributed by atoms with E-state index in [0.29, 0.717) is 6.42 Å². The summed E-state index contributed by atoms with van der Waals surface area (Å²) in [7, 11) is 3.48. The Hall–Kier alpha value is -1.89. The number of hydroxylamine groups is 1. The van der Waals surface area contributed by atoms with Crippen LogP contribution in [0.4, 0.5) is 0 Å². The Bertz CT molecular complexity index is 563. The smallest absolute Gasteiger partial charge is 0.266 e. The molecule has 22 heavy (non-hydrogen) atoms. The van der Waals surface area contributed by atoms with E-state index in [1.54, 1.807) is 18.9 Å². The van der Waals surface area contributed by atoms with Crippen molar-refractivity contribution in [3.63, 3.8) is 0 Å². The van der Waals surface area contributed by atoms with Gasteiger partial charge < -0.3 is 9.47 Å². The fourth-order valence-corrected chi connectivity index (χ4v) is 2.81. The maximum Gasteiger partial charge on any atom is 0.266 e. The molecule has 1 saturated carbocycles. The molecule has 0 bridgehead atoms. The zero-order valence-corrected chi connectivity index (χ0v) is 13.5. The second-order valence-corrected chi connectivity index (χ2v) is 6.54. The fraction of sp³-hybridized carbons (Fsp3) is 0.667. The van der Waals surface area contributed by atoms with Gasteiger partial charge in [-0.2, -0.15) is 0 Å². The Kier molecular flexibility index (Phi) is 4.55. The number of rotatable bonds is 6. The van der Waals surface area contributed by atoms with Crippen molar-refractivity contribution in [2.45, 2.75) is 44.6 Å². The summed E-state index contributed by atoms with van der Waals surface area (Å²) in [6, 6.07) is -0.682. The van der Waals surface area contributed by atoms with Crippen molar-refractivity contribution >= 4 is 11.8 Å². The monoisotopic (exact) mass is 308 g/mol. The lowest BCUT2D eigenvalue weighted by atomic mass is 9.97. The van der Waals surface area contributed by atoms with Crippen LogP contribution in [0.3, 0.4) is 0 Å². The van der Waals surface area contributed by atoms with Gasteiger partial charge in [-0.1, -0.05) is 13.8 Å². The molecule has 7 nitrogen and oxygen atoms in total. The number of amides is 2. The first kappa shape index (κ1) is 16.5. The topological polar surface area (TPSA) is 87.5 Å². The van der Waals surface area contributed by atoms with Gasteiger partial charge in [0, 0.05) is 20.3 Å². The Balaban J connectivity index is 2.21. The third-order valence-electron chi connectivity index (χ3n) is 4.25.